The Hall–Kier alpha value is -0.130. The number of sulfone groups is 1. The summed E-state index contributed by atoms with van der Waals surface area (Å²) in [4.78, 5) is 2.13. The van der Waals surface area contributed by atoms with E-state index in [2.05, 4.69) is 4.90 Å². The van der Waals surface area contributed by atoms with Crippen LogP contribution in [0, 0.1) is 0 Å². The SMILES string of the molecule is CC1(O)CCCN(CCS(C)(=O)=O)CC1. The van der Waals surface area contributed by atoms with Gasteiger partial charge in [0, 0.05) is 19.3 Å². The number of rotatable bonds is 3. The van der Waals surface area contributed by atoms with Crippen molar-refractivity contribution in [1.82, 2.24) is 4.90 Å². The minimum absolute atomic E-state index is 0.217. The first kappa shape index (κ1) is 12.9. The highest BCUT2D eigenvalue weighted by molar-refractivity contribution is 7.90. The summed E-state index contributed by atoms with van der Waals surface area (Å²) in [6.07, 6.45) is 3.75. The van der Waals surface area contributed by atoms with Gasteiger partial charge in [0.05, 0.1) is 11.4 Å². The van der Waals surface area contributed by atoms with Gasteiger partial charge in [0.15, 0.2) is 0 Å². The second-order valence-electron chi connectivity index (χ2n) is 4.82. The van der Waals surface area contributed by atoms with Gasteiger partial charge in [-0.2, -0.15) is 0 Å². The van der Waals surface area contributed by atoms with Crippen LogP contribution in [0.25, 0.3) is 0 Å². The van der Waals surface area contributed by atoms with Crippen LogP contribution in [0.15, 0.2) is 0 Å². The molecule has 0 amide bonds. The Bertz CT molecular complexity index is 298. The lowest BCUT2D eigenvalue weighted by molar-refractivity contribution is 0.0449. The standard InChI is InChI=1S/C10H21NO3S/c1-10(12)4-3-6-11(7-5-10)8-9-15(2,13)14/h12H,3-9H2,1-2H3. The van der Waals surface area contributed by atoms with E-state index in [0.29, 0.717) is 6.54 Å². The Morgan fingerprint density at radius 1 is 1.33 bits per heavy atom. The molecule has 0 radical (unpaired) electrons. The average molecular weight is 235 g/mol. The highest BCUT2D eigenvalue weighted by atomic mass is 32.2. The molecule has 90 valence electrons. The largest absolute Gasteiger partial charge is 0.390 e. The third-order valence-corrected chi connectivity index (χ3v) is 3.86. The smallest absolute Gasteiger partial charge is 0.148 e. The monoisotopic (exact) mass is 235 g/mol. The molecular formula is C10H21NO3S. The molecule has 1 aliphatic rings. The van der Waals surface area contributed by atoms with Crippen molar-refractivity contribution in [2.24, 2.45) is 0 Å². The van der Waals surface area contributed by atoms with E-state index in [0.717, 1.165) is 32.4 Å². The van der Waals surface area contributed by atoms with Gasteiger partial charge in [0.1, 0.15) is 9.84 Å². The number of hydrogen-bond donors (Lipinski definition) is 1. The van der Waals surface area contributed by atoms with Crippen molar-refractivity contribution < 1.29 is 13.5 Å². The molecule has 0 aromatic heterocycles. The van der Waals surface area contributed by atoms with Gasteiger partial charge in [-0.25, -0.2) is 8.42 Å². The van der Waals surface area contributed by atoms with E-state index in [1.54, 1.807) is 0 Å². The molecule has 0 aromatic rings. The minimum Gasteiger partial charge on any atom is -0.390 e. The van der Waals surface area contributed by atoms with Gasteiger partial charge in [-0.1, -0.05) is 0 Å². The van der Waals surface area contributed by atoms with Crippen LogP contribution in [-0.4, -0.2) is 55.7 Å². The molecule has 1 N–H and O–H groups in total. The van der Waals surface area contributed by atoms with Crippen LogP contribution in [0.5, 0.6) is 0 Å². The van der Waals surface area contributed by atoms with E-state index in [4.69, 9.17) is 0 Å². The van der Waals surface area contributed by atoms with Crippen LogP contribution >= 0.6 is 0 Å². The minimum atomic E-state index is -2.87. The van der Waals surface area contributed by atoms with Crippen molar-refractivity contribution in [3.05, 3.63) is 0 Å². The van der Waals surface area contributed by atoms with Crippen molar-refractivity contribution in [3.63, 3.8) is 0 Å². The molecule has 4 nitrogen and oxygen atoms in total. The first-order valence-corrected chi connectivity index (χ1v) is 7.47. The summed E-state index contributed by atoms with van der Waals surface area (Å²) in [6.45, 7) is 4.14. The number of nitrogens with zero attached hydrogens (tertiary/aromatic N) is 1. The summed E-state index contributed by atoms with van der Waals surface area (Å²) in [5.74, 6) is 0.217. The Balaban J connectivity index is 2.38. The van der Waals surface area contributed by atoms with Crippen LogP contribution < -0.4 is 0 Å². The predicted molar refractivity (Wildman–Crippen MR) is 60.6 cm³/mol. The fourth-order valence-electron chi connectivity index (χ4n) is 1.84. The fraction of sp³-hybridized carbons (Fsp3) is 1.00. The van der Waals surface area contributed by atoms with Gasteiger partial charge >= 0.3 is 0 Å². The van der Waals surface area contributed by atoms with Crippen molar-refractivity contribution in [2.75, 3.05) is 31.6 Å². The number of hydrogen-bond acceptors (Lipinski definition) is 4. The fourth-order valence-corrected chi connectivity index (χ4v) is 2.43. The first-order chi connectivity index (χ1) is 6.79. The van der Waals surface area contributed by atoms with Gasteiger partial charge in [-0.3, -0.25) is 0 Å². The zero-order valence-electron chi connectivity index (χ0n) is 9.57. The summed E-state index contributed by atoms with van der Waals surface area (Å²) in [7, 11) is -2.87. The molecule has 0 aliphatic carbocycles. The van der Waals surface area contributed by atoms with Gasteiger partial charge in [-0.15, -0.1) is 0 Å². The number of likely N-dealkylation sites (tertiary alicyclic amines) is 1. The molecular weight excluding hydrogens is 214 g/mol. The molecule has 1 saturated heterocycles. The summed E-state index contributed by atoms with van der Waals surface area (Å²) in [5, 5.41) is 9.86. The Morgan fingerprint density at radius 3 is 2.60 bits per heavy atom. The Morgan fingerprint density at radius 2 is 2.00 bits per heavy atom. The van der Waals surface area contributed by atoms with Crippen LogP contribution in [0.4, 0.5) is 0 Å². The summed E-state index contributed by atoms with van der Waals surface area (Å²) in [5.41, 5.74) is -0.570. The van der Waals surface area contributed by atoms with Gasteiger partial charge < -0.3 is 10.0 Å². The molecule has 1 fully saturated rings. The molecule has 0 saturated carbocycles. The molecule has 1 unspecified atom stereocenters. The second-order valence-corrected chi connectivity index (χ2v) is 7.08. The molecule has 0 spiro atoms. The van der Waals surface area contributed by atoms with E-state index in [-0.39, 0.29) is 5.75 Å². The quantitative estimate of drug-likeness (QED) is 0.763. The third kappa shape index (κ3) is 5.49. The Kier molecular flexibility index (Phi) is 4.14. The number of aliphatic hydroxyl groups is 1. The predicted octanol–water partition coefficient (Wildman–Crippen LogP) is 0.268. The molecule has 15 heavy (non-hydrogen) atoms. The van der Waals surface area contributed by atoms with Crippen LogP contribution in [-0.2, 0) is 9.84 Å². The molecule has 1 atom stereocenters. The first-order valence-electron chi connectivity index (χ1n) is 5.41. The second kappa shape index (κ2) is 4.80. The van der Waals surface area contributed by atoms with Gasteiger partial charge in [-0.05, 0) is 32.7 Å². The van der Waals surface area contributed by atoms with E-state index in [9.17, 15) is 13.5 Å². The maximum Gasteiger partial charge on any atom is 0.148 e. The van der Waals surface area contributed by atoms with Crippen LogP contribution in [0.3, 0.4) is 0 Å². The third-order valence-electron chi connectivity index (χ3n) is 2.93. The van der Waals surface area contributed by atoms with E-state index >= 15 is 0 Å². The van der Waals surface area contributed by atoms with Gasteiger partial charge in [0.2, 0.25) is 0 Å². The topological polar surface area (TPSA) is 57.6 Å². The molecule has 0 bridgehead atoms. The molecule has 0 aromatic carbocycles. The lowest BCUT2D eigenvalue weighted by Gasteiger charge is -2.22. The van der Waals surface area contributed by atoms with Crippen molar-refractivity contribution in [3.8, 4) is 0 Å². The molecule has 1 rings (SSSR count). The van der Waals surface area contributed by atoms with Crippen LogP contribution in [0.2, 0.25) is 0 Å². The Labute approximate surface area is 92.2 Å². The van der Waals surface area contributed by atoms with Crippen molar-refractivity contribution in [1.29, 1.82) is 0 Å². The van der Waals surface area contributed by atoms with E-state index < -0.39 is 15.4 Å². The van der Waals surface area contributed by atoms with Gasteiger partial charge in [0.25, 0.3) is 0 Å². The molecule has 5 heteroatoms. The lowest BCUT2D eigenvalue weighted by Crippen LogP contribution is -2.31. The summed E-state index contributed by atoms with van der Waals surface area (Å²) >= 11 is 0. The highest BCUT2D eigenvalue weighted by Crippen LogP contribution is 2.21. The normalized spacial score (nSPS) is 30.1. The zero-order chi connectivity index (χ0) is 11.5. The van der Waals surface area contributed by atoms with Crippen LogP contribution in [0.1, 0.15) is 26.2 Å². The maximum absolute atomic E-state index is 11.0. The lowest BCUT2D eigenvalue weighted by atomic mass is 9.98. The summed E-state index contributed by atoms with van der Waals surface area (Å²) < 4.78 is 22.0. The molecule has 1 heterocycles. The molecule has 1 aliphatic heterocycles. The highest BCUT2D eigenvalue weighted by Gasteiger charge is 2.24. The average Bonchev–Trinajstić information content (AvgIpc) is 2.22. The maximum atomic E-state index is 11.0. The zero-order valence-corrected chi connectivity index (χ0v) is 10.4. The van der Waals surface area contributed by atoms with E-state index in [1.165, 1.54) is 6.26 Å². The summed E-state index contributed by atoms with van der Waals surface area (Å²) in [6, 6.07) is 0. The van der Waals surface area contributed by atoms with Crippen molar-refractivity contribution >= 4 is 9.84 Å². The van der Waals surface area contributed by atoms with Crippen molar-refractivity contribution in [2.45, 2.75) is 31.8 Å². The van der Waals surface area contributed by atoms with E-state index in [1.807, 2.05) is 6.92 Å².